The van der Waals surface area contributed by atoms with Crippen LogP contribution in [0.15, 0.2) is 43.0 Å². The number of benzene rings is 1. The van der Waals surface area contributed by atoms with Crippen LogP contribution in [0.1, 0.15) is 108 Å². The van der Waals surface area contributed by atoms with Gasteiger partial charge in [0, 0.05) is 32.7 Å². The van der Waals surface area contributed by atoms with Crippen LogP contribution in [0.5, 0.6) is 0 Å². The molecule has 1 unspecified atom stereocenters. The van der Waals surface area contributed by atoms with Gasteiger partial charge in [0.05, 0.1) is 5.56 Å². The van der Waals surface area contributed by atoms with Gasteiger partial charge in [-0.2, -0.15) is 0 Å². The quantitative estimate of drug-likeness (QED) is 0.219. The summed E-state index contributed by atoms with van der Waals surface area (Å²) < 4.78 is 13.2. The first-order chi connectivity index (χ1) is 18.7. The van der Waals surface area contributed by atoms with Gasteiger partial charge in [-0.05, 0) is 44.2 Å². The third kappa shape index (κ3) is 19.4. The van der Waals surface area contributed by atoms with Gasteiger partial charge >= 0.3 is 0 Å². The maximum atomic E-state index is 13.2. The van der Waals surface area contributed by atoms with Crippen LogP contribution in [0.25, 0.3) is 0 Å². The lowest BCUT2D eigenvalue weighted by Gasteiger charge is -2.19. The van der Waals surface area contributed by atoms with Crippen molar-refractivity contribution in [3.8, 4) is 0 Å². The van der Waals surface area contributed by atoms with Crippen LogP contribution in [-0.2, 0) is 9.59 Å². The Kier molecular flexibility index (Phi) is 25.8. The number of ketones is 1. The number of rotatable bonds is 11. The van der Waals surface area contributed by atoms with Crippen LogP contribution in [-0.4, -0.2) is 42.4 Å². The number of carbonyl (C=O) groups is 3. The molecule has 0 saturated heterocycles. The van der Waals surface area contributed by atoms with Crippen molar-refractivity contribution in [1.82, 2.24) is 10.2 Å². The molecule has 1 aliphatic carbocycles. The normalized spacial score (nSPS) is 12.5. The largest absolute Gasteiger partial charge is 0.355 e. The van der Waals surface area contributed by atoms with E-state index in [1.165, 1.54) is 45.2 Å². The smallest absolute Gasteiger partial charge is 0.254 e. The van der Waals surface area contributed by atoms with Gasteiger partial charge in [-0.25, -0.2) is 4.39 Å². The lowest BCUT2D eigenvalue weighted by atomic mass is 9.86. The first-order valence-corrected chi connectivity index (χ1v) is 15.2. The molecule has 2 rings (SSSR count). The standard InChI is InChI=1S/C12H22NOP.C9H10FNO.C9H16O.C2H6/c1-3-5-7-8-10-13(11-15)12(14)9-6-4-2;1-6-4-3-5-7(8(6)10)9(12)11-2;1-8(10)7-9-5-3-2-4-6-9;1-2/h4,7-8H,2-3,5-6,9-11,15H2,1H3;3-5H,1-2H3,(H,11,12);9H,2-7H2,1H3;1-2H3/b8-7-;;;. The molecule has 1 N–H and O–H groups in total. The average molecular weight is 565 g/mol. The minimum Gasteiger partial charge on any atom is -0.355 e. The highest BCUT2D eigenvalue weighted by Crippen LogP contribution is 2.26. The van der Waals surface area contributed by atoms with Crippen LogP contribution in [0, 0.1) is 18.7 Å². The maximum absolute atomic E-state index is 13.2. The van der Waals surface area contributed by atoms with Crippen molar-refractivity contribution in [3.05, 3.63) is 60.0 Å². The van der Waals surface area contributed by atoms with E-state index >= 15 is 0 Å². The Labute approximate surface area is 240 Å². The van der Waals surface area contributed by atoms with Gasteiger partial charge < -0.3 is 15.0 Å². The van der Waals surface area contributed by atoms with E-state index in [2.05, 4.69) is 40.2 Å². The Morgan fingerprint density at radius 2 is 1.77 bits per heavy atom. The Hall–Kier alpha value is -2.33. The van der Waals surface area contributed by atoms with E-state index in [1.807, 2.05) is 18.7 Å². The van der Waals surface area contributed by atoms with Crippen molar-refractivity contribution in [2.75, 3.05) is 19.9 Å². The molecule has 1 aromatic carbocycles. The molecule has 39 heavy (non-hydrogen) atoms. The highest BCUT2D eigenvalue weighted by molar-refractivity contribution is 7.16. The van der Waals surface area contributed by atoms with Crippen molar-refractivity contribution in [3.63, 3.8) is 0 Å². The molecule has 5 nitrogen and oxygen atoms in total. The number of carbonyl (C=O) groups excluding carboxylic acids is 3. The average Bonchev–Trinajstić information content (AvgIpc) is 2.95. The highest BCUT2D eigenvalue weighted by Gasteiger charge is 2.14. The Morgan fingerprint density at radius 1 is 1.13 bits per heavy atom. The van der Waals surface area contributed by atoms with Crippen molar-refractivity contribution in [2.45, 2.75) is 98.8 Å². The second-order valence-electron chi connectivity index (χ2n) is 9.31. The molecule has 0 radical (unpaired) electrons. The summed E-state index contributed by atoms with van der Waals surface area (Å²) >= 11 is 0. The molecule has 7 heteroatoms. The Bertz CT molecular complexity index is 852. The van der Waals surface area contributed by atoms with E-state index in [1.54, 1.807) is 32.1 Å². The third-order valence-electron chi connectivity index (χ3n) is 6.05. The van der Waals surface area contributed by atoms with Gasteiger partial charge in [0.15, 0.2) is 0 Å². The van der Waals surface area contributed by atoms with E-state index in [9.17, 15) is 18.8 Å². The summed E-state index contributed by atoms with van der Waals surface area (Å²) in [5, 5.41) is 2.37. The summed E-state index contributed by atoms with van der Waals surface area (Å²) in [5.41, 5.74) is 0.577. The van der Waals surface area contributed by atoms with Gasteiger partial charge in [0.2, 0.25) is 5.91 Å². The topological polar surface area (TPSA) is 66.5 Å². The van der Waals surface area contributed by atoms with Crippen molar-refractivity contribution in [2.24, 2.45) is 5.92 Å². The number of aryl methyl sites for hydroxylation is 1. The van der Waals surface area contributed by atoms with Crippen molar-refractivity contribution in [1.29, 1.82) is 0 Å². The lowest BCUT2D eigenvalue weighted by molar-refractivity contribution is -0.129. The number of hydrogen-bond acceptors (Lipinski definition) is 3. The molecular formula is C32H54FN2O3P. The van der Waals surface area contributed by atoms with E-state index < -0.39 is 11.7 Å². The molecule has 0 heterocycles. The second kappa shape index (κ2) is 25.9. The minimum atomic E-state index is -0.447. The molecule has 0 spiro atoms. The molecule has 1 fully saturated rings. The SMILES string of the molecule is C=CCCC(=O)N(CP)C/C=C\CCC.CC.CC(=O)CC1CCCCC1.CNC(=O)c1cccc(C)c1F. The predicted octanol–water partition coefficient (Wildman–Crippen LogP) is 8.04. The number of halogens is 1. The zero-order chi connectivity index (χ0) is 30.1. The summed E-state index contributed by atoms with van der Waals surface area (Å²) in [6.07, 6.45) is 17.8. The Balaban J connectivity index is 0. The Morgan fingerprint density at radius 3 is 2.28 bits per heavy atom. The van der Waals surface area contributed by atoms with Crippen LogP contribution >= 0.6 is 9.24 Å². The zero-order valence-corrected chi connectivity index (χ0v) is 26.5. The summed E-state index contributed by atoms with van der Waals surface area (Å²) in [6, 6.07) is 4.74. The number of nitrogens with one attached hydrogen (secondary N) is 1. The van der Waals surface area contributed by atoms with Gasteiger partial charge in [-0.1, -0.05) is 89.7 Å². The van der Waals surface area contributed by atoms with E-state index in [0.29, 0.717) is 24.1 Å². The number of unbranched alkanes of at least 4 members (excludes halogenated alkanes) is 1. The van der Waals surface area contributed by atoms with Gasteiger partial charge in [0.1, 0.15) is 11.6 Å². The first kappa shape index (κ1) is 38.8. The van der Waals surface area contributed by atoms with Crippen molar-refractivity contribution < 1.29 is 18.8 Å². The summed E-state index contributed by atoms with van der Waals surface area (Å²) in [5.74, 6) is 0.456. The van der Waals surface area contributed by atoms with E-state index in [4.69, 9.17) is 0 Å². The van der Waals surface area contributed by atoms with Crippen LogP contribution in [0.3, 0.4) is 0 Å². The fraction of sp³-hybridized carbons (Fsp3) is 0.594. The summed E-state index contributed by atoms with van der Waals surface area (Å²) in [7, 11) is 4.07. The number of amides is 2. The maximum Gasteiger partial charge on any atom is 0.254 e. The lowest BCUT2D eigenvalue weighted by Crippen LogP contribution is -2.29. The van der Waals surface area contributed by atoms with E-state index in [0.717, 1.165) is 38.1 Å². The molecule has 1 aliphatic rings. The summed E-state index contributed by atoms with van der Waals surface area (Å²) in [6.45, 7) is 13.8. The first-order valence-electron chi connectivity index (χ1n) is 14.4. The molecule has 2 amide bonds. The summed E-state index contributed by atoms with van der Waals surface area (Å²) in [4.78, 5) is 35.2. The minimum absolute atomic E-state index is 0.0949. The molecule has 1 atom stereocenters. The molecule has 1 aromatic rings. The number of Topliss-reactive ketones (excluding diaryl/α,β-unsaturated/α-hetero) is 1. The van der Waals surface area contributed by atoms with Crippen molar-refractivity contribution >= 4 is 26.8 Å². The van der Waals surface area contributed by atoms with Gasteiger partial charge in [-0.3, -0.25) is 9.59 Å². The molecule has 0 bridgehead atoms. The third-order valence-corrected chi connectivity index (χ3v) is 6.49. The fourth-order valence-electron chi connectivity index (χ4n) is 3.90. The van der Waals surface area contributed by atoms with Gasteiger partial charge in [-0.15, -0.1) is 15.8 Å². The highest BCUT2D eigenvalue weighted by atomic mass is 31.0. The predicted molar refractivity (Wildman–Crippen MR) is 168 cm³/mol. The molecular weight excluding hydrogens is 510 g/mol. The van der Waals surface area contributed by atoms with Crippen LogP contribution in [0.4, 0.5) is 4.39 Å². The number of allylic oxidation sites excluding steroid dienone is 2. The molecule has 222 valence electrons. The zero-order valence-electron chi connectivity index (χ0n) is 25.4. The molecule has 0 aromatic heterocycles. The van der Waals surface area contributed by atoms with Crippen LogP contribution in [0.2, 0.25) is 0 Å². The van der Waals surface area contributed by atoms with Crippen LogP contribution < -0.4 is 5.32 Å². The number of hydrogen-bond donors (Lipinski definition) is 1. The fourth-order valence-corrected chi connectivity index (χ4v) is 4.26. The van der Waals surface area contributed by atoms with E-state index in [-0.39, 0.29) is 11.5 Å². The molecule has 1 saturated carbocycles. The molecule has 0 aliphatic heterocycles. The monoisotopic (exact) mass is 564 g/mol. The second-order valence-corrected chi connectivity index (χ2v) is 9.68. The number of nitrogens with zero attached hydrogens (tertiary/aromatic N) is 1. The van der Waals surface area contributed by atoms with Gasteiger partial charge in [0.25, 0.3) is 5.91 Å².